The van der Waals surface area contributed by atoms with Gasteiger partial charge in [-0.05, 0) is 48.3 Å². The first-order valence-corrected chi connectivity index (χ1v) is 8.40. The number of nitrogens with zero attached hydrogens (tertiary/aromatic N) is 1. The smallest absolute Gasteiger partial charge is 0.225 e. The SMILES string of the molecule is CCC(C)C(C(N)=O)c1c(CCN(C)C)ccc2ccccc12. The van der Waals surface area contributed by atoms with Crippen molar-refractivity contribution < 1.29 is 4.79 Å². The van der Waals surface area contributed by atoms with Crippen molar-refractivity contribution in [2.45, 2.75) is 32.6 Å². The Hall–Kier alpha value is -1.87. The van der Waals surface area contributed by atoms with Gasteiger partial charge < -0.3 is 10.6 Å². The Morgan fingerprint density at radius 3 is 2.48 bits per heavy atom. The van der Waals surface area contributed by atoms with Gasteiger partial charge in [-0.2, -0.15) is 0 Å². The molecule has 0 spiro atoms. The first-order valence-electron chi connectivity index (χ1n) is 8.40. The highest BCUT2D eigenvalue weighted by Gasteiger charge is 2.27. The minimum Gasteiger partial charge on any atom is -0.369 e. The number of rotatable bonds is 7. The molecule has 0 saturated heterocycles. The third-order valence-electron chi connectivity index (χ3n) is 4.72. The first kappa shape index (κ1) is 17.5. The van der Waals surface area contributed by atoms with Crippen LogP contribution in [0.15, 0.2) is 36.4 Å². The first-order chi connectivity index (χ1) is 11.0. The molecule has 0 bridgehead atoms. The summed E-state index contributed by atoms with van der Waals surface area (Å²) in [6.07, 6.45) is 1.86. The number of benzene rings is 2. The van der Waals surface area contributed by atoms with Crippen LogP contribution < -0.4 is 5.73 Å². The molecule has 2 unspecified atom stereocenters. The predicted molar refractivity (Wildman–Crippen MR) is 97.6 cm³/mol. The van der Waals surface area contributed by atoms with Gasteiger partial charge >= 0.3 is 0 Å². The fourth-order valence-corrected chi connectivity index (χ4v) is 3.21. The Labute approximate surface area is 139 Å². The molecule has 3 heteroatoms. The molecule has 0 saturated carbocycles. The average Bonchev–Trinajstić information content (AvgIpc) is 2.53. The summed E-state index contributed by atoms with van der Waals surface area (Å²) in [5, 5.41) is 2.33. The quantitative estimate of drug-likeness (QED) is 0.849. The van der Waals surface area contributed by atoms with E-state index in [0.29, 0.717) is 0 Å². The number of fused-ring (bicyclic) bond motifs is 1. The lowest BCUT2D eigenvalue weighted by atomic mass is 9.79. The molecule has 2 aromatic carbocycles. The van der Waals surface area contributed by atoms with Crippen molar-refractivity contribution in [2.24, 2.45) is 11.7 Å². The summed E-state index contributed by atoms with van der Waals surface area (Å²) in [4.78, 5) is 14.4. The lowest BCUT2D eigenvalue weighted by Crippen LogP contribution is -2.28. The van der Waals surface area contributed by atoms with Gasteiger partial charge in [0.15, 0.2) is 0 Å². The van der Waals surface area contributed by atoms with Crippen molar-refractivity contribution in [1.82, 2.24) is 4.90 Å². The van der Waals surface area contributed by atoms with Crippen LogP contribution in [0, 0.1) is 5.92 Å². The maximum atomic E-state index is 12.2. The summed E-state index contributed by atoms with van der Waals surface area (Å²) < 4.78 is 0. The van der Waals surface area contributed by atoms with Crippen LogP contribution in [0.3, 0.4) is 0 Å². The van der Waals surface area contributed by atoms with E-state index < -0.39 is 0 Å². The Morgan fingerprint density at radius 1 is 1.17 bits per heavy atom. The van der Waals surface area contributed by atoms with Gasteiger partial charge in [-0.3, -0.25) is 4.79 Å². The molecule has 0 radical (unpaired) electrons. The van der Waals surface area contributed by atoms with E-state index in [0.717, 1.165) is 30.3 Å². The summed E-state index contributed by atoms with van der Waals surface area (Å²) in [5.41, 5.74) is 8.18. The van der Waals surface area contributed by atoms with E-state index in [1.165, 1.54) is 10.9 Å². The zero-order chi connectivity index (χ0) is 17.0. The molecule has 0 aliphatic carbocycles. The fourth-order valence-electron chi connectivity index (χ4n) is 3.21. The van der Waals surface area contributed by atoms with Crippen LogP contribution in [0.2, 0.25) is 0 Å². The van der Waals surface area contributed by atoms with Crippen molar-refractivity contribution in [2.75, 3.05) is 20.6 Å². The molecule has 2 N–H and O–H groups in total. The molecule has 0 heterocycles. The second-order valence-corrected chi connectivity index (χ2v) is 6.68. The van der Waals surface area contributed by atoms with Gasteiger partial charge in [0.25, 0.3) is 0 Å². The van der Waals surface area contributed by atoms with E-state index in [2.05, 4.69) is 57.1 Å². The van der Waals surface area contributed by atoms with Gasteiger partial charge in [0, 0.05) is 6.54 Å². The summed E-state index contributed by atoms with van der Waals surface area (Å²) in [7, 11) is 4.14. The van der Waals surface area contributed by atoms with Gasteiger partial charge in [-0.25, -0.2) is 0 Å². The molecule has 23 heavy (non-hydrogen) atoms. The topological polar surface area (TPSA) is 46.3 Å². The molecule has 124 valence electrons. The Kier molecular flexibility index (Phi) is 5.78. The zero-order valence-corrected chi connectivity index (χ0v) is 14.7. The second-order valence-electron chi connectivity index (χ2n) is 6.68. The lowest BCUT2D eigenvalue weighted by Gasteiger charge is -2.25. The number of nitrogens with two attached hydrogens (primary N) is 1. The number of carbonyl (C=O) groups excluding carboxylic acids is 1. The van der Waals surface area contributed by atoms with Gasteiger partial charge in [-0.15, -0.1) is 0 Å². The monoisotopic (exact) mass is 312 g/mol. The van der Waals surface area contributed by atoms with Gasteiger partial charge in [0.1, 0.15) is 0 Å². The minimum atomic E-state index is -0.233. The van der Waals surface area contributed by atoms with E-state index >= 15 is 0 Å². The van der Waals surface area contributed by atoms with Crippen LogP contribution in [0.25, 0.3) is 10.8 Å². The highest BCUT2D eigenvalue weighted by molar-refractivity contribution is 5.93. The Bertz CT molecular complexity index is 678. The van der Waals surface area contributed by atoms with Crippen LogP contribution >= 0.6 is 0 Å². The normalized spacial score (nSPS) is 14.1. The summed E-state index contributed by atoms with van der Waals surface area (Å²) in [5.74, 6) is -0.221. The number of primary amides is 1. The second kappa shape index (κ2) is 7.60. The zero-order valence-electron chi connectivity index (χ0n) is 14.7. The van der Waals surface area contributed by atoms with E-state index in [1.807, 2.05) is 12.1 Å². The summed E-state index contributed by atoms with van der Waals surface area (Å²) in [6, 6.07) is 12.6. The van der Waals surface area contributed by atoms with Crippen molar-refractivity contribution in [3.8, 4) is 0 Å². The molecule has 2 aromatic rings. The standard InChI is InChI=1S/C20H28N2O/c1-5-14(2)18(20(21)23)19-16(12-13-22(3)4)11-10-15-8-6-7-9-17(15)19/h6-11,14,18H,5,12-13H2,1-4H3,(H2,21,23). The van der Waals surface area contributed by atoms with Crippen molar-refractivity contribution in [3.05, 3.63) is 47.5 Å². The maximum Gasteiger partial charge on any atom is 0.225 e. The molecule has 0 aliphatic heterocycles. The molecular formula is C20H28N2O. The molecule has 0 aromatic heterocycles. The van der Waals surface area contributed by atoms with E-state index in [-0.39, 0.29) is 17.7 Å². The summed E-state index contributed by atoms with van der Waals surface area (Å²) in [6.45, 7) is 5.19. The molecule has 1 amide bonds. The molecular weight excluding hydrogens is 284 g/mol. The average molecular weight is 312 g/mol. The minimum absolute atomic E-state index is 0.221. The van der Waals surface area contributed by atoms with Crippen LogP contribution in [0.1, 0.15) is 37.3 Å². The molecule has 0 aliphatic rings. The van der Waals surface area contributed by atoms with Gasteiger partial charge in [0.2, 0.25) is 5.91 Å². The third-order valence-corrected chi connectivity index (χ3v) is 4.72. The Balaban J connectivity index is 2.63. The highest BCUT2D eigenvalue weighted by Crippen LogP contribution is 2.35. The number of hydrogen-bond donors (Lipinski definition) is 1. The van der Waals surface area contributed by atoms with Gasteiger partial charge in [0.05, 0.1) is 5.92 Å². The number of likely N-dealkylation sites (N-methyl/N-ethyl adjacent to an activating group) is 1. The lowest BCUT2D eigenvalue weighted by molar-refractivity contribution is -0.120. The van der Waals surface area contributed by atoms with Gasteiger partial charge in [-0.1, -0.05) is 56.7 Å². The van der Waals surface area contributed by atoms with Crippen molar-refractivity contribution in [1.29, 1.82) is 0 Å². The largest absolute Gasteiger partial charge is 0.369 e. The molecule has 2 atom stereocenters. The van der Waals surface area contributed by atoms with Crippen LogP contribution in [-0.4, -0.2) is 31.4 Å². The van der Waals surface area contributed by atoms with Crippen LogP contribution in [0.5, 0.6) is 0 Å². The maximum absolute atomic E-state index is 12.2. The summed E-state index contributed by atoms with van der Waals surface area (Å²) >= 11 is 0. The molecule has 0 fully saturated rings. The number of hydrogen-bond acceptors (Lipinski definition) is 2. The van der Waals surface area contributed by atoms with Crippen molar-refractivity contribution in [3.63, 3.8) is 0 Å². The Morgan fingerprint density at radius 2 is 1.87 bits per heavy atom. The number of carbonyl (C=O) groups is 1. The molecule has 3 nitrogen and oxygen atoms in total. The van der Waals surface area contributed by atoms with Crippen LogP contribution in [0.4, 0.5) is 0 Å². The predicted octanol–water partition coefficient (Wildman–Crippen LogP) is 3.56. The highest BCUT2D eigenvalue weighted by atomic mass is 16.1. The van der Waals surface area contributed by atoms with Crippen LogP contribution in [-0.2, 0) is 11.2 Å². The third kappa shape index (κ3) is 3.91. The van der Waals surface area contributed by atoms with E-state index in [4.69, 9.17) is 5.73 Å². The number of amides is 1. The molecule has 2 rings (SSSR count). The van der Waals surface area contributed by atoms with E-state index in [1.54, 1.807) is 0 Å². The van der Waals surface area contributed by atoms with E-state index in [9.17, 15) is 4.79 Å². The fraction of sp³-hybridized carbons (Fsp3) is 0.450. The van der Waals surface area contributed by atoms with Crippen molar-refractivity contribution >= 4 is 16.7 Å².